The molecule has 0 spiro atoms. The fraction of sp³-hybridized carbons (Fsp3) is 0.467. The lowest BCUT2D eigenvalue weighted by Gasteiger charge is -2.33. The second-order valence-corrected chi connectivity index (χ2v) is 5.93. The zero-order valence-corrected chi connectivity index (χ0v) is 12.4. The Labute approximate surface area is 122 Å². The average Bonchev–Trinajstić information content (AvgIpc) is 2.91. The molecule has 1 aliphatic heterocycles. The molecule has 1 aromatic heterocycles. The number of thiazole rings is 1. The highest BCUT2D eigenvalue weighted by Gasteiger charge is 2.31. The monoisotopic (exact) mass is 290 g/mol. The first kappa shape index (κ1) is 13.4. The number of hydrogen-bond acceptors (Lipinski definition) is 5. The van der Waals surface area contributed by atoms with Gasteiger partial charge in [0.25, 0.3) is 0 Å². The SMILES string of the molecule is CCOC(=O)C1CCCCN1c1nc2ccccc2s1. The first-order valence-electron chi connectivity index (χ1n) is 7.08. The number of rotatable bonds is 3. The van der Waals surface area contributed by atoms with Crippen LogP contribution in [-0.4, -0.2) is 30.1 Å². The van der Waals surface area contributed by atoms with Crippen molar-refractivity contribution in [3.63, 3.8) is 0 Å². The van der Waals surface area contributed by atoms with E-state index in [2.05, 4.69) is 16.0 Å². The molecule has 2 heterocycles. The quantitative estimate of drug-likeness (QED) is 0.814. The highest BCUT2D eigenvalue weighted by Crippen LogP contribution is 2.32. The molecule has 0 N–H and O–H groups in total. The summed E-state index contributed by atoms with van der Waals surface area (Å²) in [7, 11) is 0. The lowest BCUT2D eigenvalue weighted by atomic mass is 10.0. The van der Waals surface area contributed by atoms with E-state index in [1.807, 2.05) is 25.1 Å². The Morgan fingerprint density at radius 1 is 1.45 bits per heavy atom. The van der Waals surface area contributed by atoms with E-state index < -0.39 is 0 Å². The van der Waals surface area contributed by atoms with Gasteiger partial charge in [-0.3, -0.25) is 0 Å². The number of carbonyl (C=O) groups excluding carboxylic acids is 1. The predicted octanol–water partition coefficient (Wildman–Crippen LogP) is 3.22. The van der Waals surface area contributed by atoms with Gasteiger partial charge in [0, 0.05) is 6.54 Å². The average molecular weight is 290 g/mol. The molecule has 0 bridgehead atoms. The summed E-state index contributed by atoms with van der Waals surface area (Å²) in [4.78, 5) is 18.9. The number of anilines is 1. The van der Waals surface area contributed by atoms with Crippen LogP contribution in [0.15, 0.2) is 24.3 Å². The lowest BCUT2D eigenvalue weighted by molar-refractivity contribution is -0.145. The fourth-order valence-corrected chi connectivity index (χ4v) is 3.67. The number of benzene rings is 1. The van der Waals surface area contributed by atoms with Crippen molar-refractivity contribution >= 4 is 32.7 Å². The van der Waals surface area contributed by atoms with Gasteiger partial charge in [-0.2, -0.15) is 0 Å². The van der Waals surface area contributed by atoms with Gasteiger partial charge in [0.1, 0.15) is 6.04 Å². The van der Waals surface area contributed by atoms with Crippen molar-refractivity contribution in [2.24, 2.45) is 0 Å². The molecule has 3 rings (SSSR count). The Balaban J connectivity index is 1.90. The van der Waals surface area contributed by atoms with E-state index in [1.54, 1.807) is 11.3 Å². The molecule has 0 saturated carbocycles. The van der Waals surface area contributed by atoms with Gasteiger partial charge in [0.05, 0.1) is 16.8 Å². The van der Waals surface area contributed by atoms with E-state index in [4.69, 9.17) is 4.74 Å². The largest absolute Gasteiger partial charge is 0.464 e. The Bertz CT molecular complexity index is 578. The Morgan fingerprint density at radius 2 is 2.30 bits per heavy atom. The first-order valence-corrected chi connectivity index (χ1v) is 7.90. The van der Waals surface area contributed by atoms with Gasteiger partial charge >= 0.3 is 5.97 Å². The van der Waals surface area contributed by atoms with Gasteiger partial charge in [0.15, 0.2) is 5.13 Å². The zero-order chi connectivity index (χ0) is 13.9. The number of esters is 1. The first-order chi connectivity index (χ1) is 9.79. The van der Waals surface area contributed by atoms with Crippen LogP contribution in [0.4, 0.5) is 5.13 Å². The summed E-state index contributed by atoms with van der Waals surface area (Å²) in [5, 5.41) is 0.934. The second kappa shape index (κ2) is 5.79. The summed E-state index contributed by atoms with van der Waals surface area (Å²) >= 11 is 1.65. The molecule has 0 amide bonds. The molecule has 1 saturated heterocycles. The minimum absolute atomic E-state index is 0.119. The van der Waals surface area contributed by atoms with Crippen LogP contribution < -0.4 is 4.90 Å². The maximum absolute atomic E-state index is 12.1. The number of para-hydroxylation sites is 1. The molecular weight excluding hydrogens is 272 g/mol. The molecule has 1 fully saturated rings. The van der Waals surface area contributed by atoms with Gasteiger partial charge in [0.2, 0.25) is 0 Å². The van der Waals surface area contributed by atoms with Gasteiger partial charge in [-0.15, -0.1) is 0 Å². The summed E-state index contributed by atoms with van der Waals surface area (Å²) < 4.78 is 6.37. The molecule has 2 aromatic rings. The van der Waals surface area contributed by atoms with E-state index in [0.717, 1.165) is 41.2 Å². The molecule has 1 aliphatic rings. The number of piperidine rings is 1. The van der Waals surface area contributed by atoms with Crippen LogP contribution in [0.5, 0.6) is 0 Å². The number of nitrogens with zero attached hydrogens (tertiary/aromatic N) is 2. The maximum atomic E-state index is 12.1. The third-order valence-electron chi connectivity index (χ3n) is 3.59. The van der Waals surface area contributed by atoms with Gasteiger partial charge < -0.3 is 9.64 Å². The zero-order valence-electron chi connectivity index (χ0n) is 11.5. The van der Waals surface area contributed by atoms with Crippen molar-refractivity contribution in [3.05, 3.63) is 24.3 Å². The third kappa shape index (κ3) is 2.50. The standard InChI is InChI=1S/C15H18N2O2S/c1-2-19-14(18)12-8-5-6-10-17(12)15-16-11-7-3-4-9-13(11)20-15/h3-4,7,9,12H,2,5-6,8,10H2,1H3. The molecule has 1 aromatic carbocycles. The lowest BCUT2D eigenvalue weighted by Crippen LogP contribution is -2.45. The van der Waals surface area contributed by atoms with Crippen molar-refractivity contribution in [2.45, 2.75) is 32.2 Å². The van der Waals surface area contributed by atoms with Crippen LogP contribution in [0.25, 0.3) is 10.2 Å². The Morgan fingerprint density at radius 3 is 3.10 bits per heavy atom. The van der Waals surface area contributed by atoms with Crippen LogP contribution in [-0.2, 0) is 9.53 Å². The van der Waals surface area contributed by atoms with Crippen molar-refractivity contribution < 1.29 is 9.53 Å². The Hall–Kier alpha value is -1.62. The summed E-state index contributed by atoms with van der Waals surface area (Å²) in [6, 6.07) is 7.91. The van der Waals surface area contributed by atoms with E-state index in [0.29, 0.717) is 6.61 Å². The van der Waals surface area contributed by atoms with E-state index in [-0.39, 0.29) is 12.0 Å². The number of fused-ring (bicyclic) bond motifs is 1. The van der Waals surface area contributed by atoms with Gasteiger partial charge in [-0.25, -0.2) is 9.78 Å². The minimum atomic E-state index is -0.177. The highest BCUT2D eigenvalue weighted by molar-refractivity contribution is 7.22. The smallest absolute Gasteiger partial charge is 0.328 e. The predicted molar refractivity (Wildman–Crippen MR) is 81.2 cm³/mol. The summed E-state index contributed by atoms with van der Waals surface area (Å²) in [5.41, 5.74) is 1.00. The number of hydrogen-bond donors (Lipinski definition) is 0. The topological polar surface area (TPSA) is 42.4 Å². The van der Waals surface area contributed by atoms with Crippen molar-refractivity contribution in [2.75, 3.05) is 18.1 Å². The number of carbonyl (C=O) groups is 1. The Kier molecular flexibility index (Phi) is 3.87. The van der Waals surface area contributed by atoms with Crippen LogP contribution >= 0.6 is 11.3 Å². The second-order valence-electron chi connectivity index (χ2n) is 4.92. The summed E-state index contributed by atoms with van der Waals surface area (Å²) in [6.45, 7) is 3.16. The van der Waals surface area contributed by atoms with E-state index >= 15 is 0 Å². The maximum Gasteiger partial charge on any atom is 0.328 e. The number of ether oxygens (including phenoxy) is 1. The molecule has 20 heavy (non-hydrogen) atoms. The fourth-order valence-electron chi connectivity index (χ4n) is 2.63. The molecule has 5 heteroatoms. The molecule has 4 nitrogen and oxygen atoms in total. The van der Waals surface area contributed by atoms with Crippen LogP contribution in [0.3, 0.4) is 0 Å². The molecular formula is C15H18N2O2S. The van der Waals surface area contributed by atoms with Crippen LogP contribution in [0.1, 0.15) is 26.2 Å². The summed E-state index contributed by atoms with van der Waals surface area (Å²) in [5.74, 6) is -0.119. The van der Waals surface area contributed by atoms with Crippen molar-refractivity contribution in [3.8, 4) is 0 Å². The molecule has 1 unspecified atom stereocenters. The van der Waals surface area contributed by atoms with Gasteiger partial charge in [-0.05, 0) is 38.3 Å². The minimum Gasteiger partial charge on any atom is -0.464 e. The van der Waals surface area contributed by atoms with Crippen LogP contribution in [0, 0.1) is 0 Å². The molecule has 1 atom stereocenters. The highest BCUT2D eigenvalue weighted by atomic mass is 32.1. The molecule has 106 valence electrons. The third-order valence-corrected chi connectivity index (χ3v) is 4.66. The van der Waals surface area contributed by atoms with Gasteiger partial charge in [-0.1, -0.05) is 23.5 Å². The van der Waals surface area contributed by atoms with E-state index in [9.17, 15) is 4.79 Å². The van der Waals surface area contributed by atoms with Crippen molar-refractivity contribution in [1.82, 2.24) is 4.98 Å². The van der Waals surface area contributed by atoms with Crippen LogP contribution in [0.2, 0.25) is 0 Å². The molecule has 0 radical (unpaired) electrons. The molecule has 0 aliphatic carbocycles. The summed E-state index contributed by atoms with van der Waals surface area (Å²) in [6.07, 6.45) is 3.03. The number of aromatic nitrogens is 1. The normalized spacial score (nSPS) is 19.2. The van der Waals surface area contributed by atoms with E-state index in [1.165, 1.54) is 0 Å². The van der Waals surface area contributed by atoms with Crippen molar-refractivity contribution in [1.29, 1.82) is 0 Å².